The first-order chi connectivity index (χ1) is 11.5. The highest BCUT2D eigenvalue weighted by atomic mass is 16.5. The normalized spacial score (nSPS) is 19.5. The van der Waals surface area contributed by atoms with Gasteiger partial charge in [0, 0.05) is 18.6 Å². The van der Waals surface area contributed by atoms with Gasteiger partial charge in [0.15, 0.2) is 0 Å². The zero-order chi connectivity index (χ0) is 17.5. The van der Waals surface area contributed by atoms with Crippen LogP contribution in [0.1, 0.15) is 25.3 Å². The number of amides is 2. The van der Waals surface area contributed by atoms with Crippen LogP contribution in [-0.2, 0) is 11.3 Å². The predicted molar refractivity (Wildman–Crippen MR) is 90.1 cm³/mol. The van der Waals surface area contributed by atoms with Crippen LogP contribution in [0.4, 0.5) is 4.79 Å². The number of benzene rings is 1. The Hall–Kier alpha value is -2.28. The van der Waals surface area contributed by atoms with Crippen LogP contribution < -0.4 is 15.4 Å². The monoisotopic (exact) mass is 335 g/mol. The van der Waals surface area contributed by atoms with Gasteiger partial charge in [-0.25, -0.2) is 4.79 Å². The number of carboxylic acid groups (broad SMARTS) is 1. The number of urea groups is 1. The summed E-state index contributed by atoms with van der Waals surface area (Å²) in [4.78, 5) is 24.6. The van der Waals surface area contributed by atoms with Crippen molar-refractivity contribution in [2.75, 3.05) is 20.2 Å². The van der Waals surface area contributed by atoms with E-state index in [0.717, 1.165) is 24.2 Å². The summed E-state index contributed by atoms with van der Waals surface area (Å²) in [5.41, 5.74) is 0.996. The van der Waals surface area contributed by atoms with Gasteiger partial charge < -0.3 is 20.5 Å². The lowest BCUT2D eigenvalue weighted by Crippen LogP contribution is -2.56. The van der Waals surface area contributed by atoms with E-state index in [9.17, 15) is 9.59 Å². The fraction of sp³-hybridized carbons (Fsp3) is 0.529. The molecule has 0 saturated heterocycles. The number of carbonyl (C=O) groups excluding carboxylic acids is 1. The van der Waals surface area contributed by atoms with E-state index in [1.54, 1.807) is 7.11 Å². The minimum atomic E-state index is -0.814. The highest BCUT2D eigenvalue weighted by molar-refractivity contribution is 5.74. The number of carbonyl (C=O) groups is 2. The highest BCUT2D eigenvalue weighted by Gasteiger charge is 2.34. The lowest BCUT2D eigenvalue weighted by atomic mass is 9.85. The molecule has 1 aliphatic carbocycles. The third-order valence-corrected chi connectivity index (χ3v) is 4.32. The largest absolute Gasteiger partial charge is 0.497 e. The second-order valence-corrected chi connectivity index (χ2v) is 5.95. The number of nitrogens with one attached hydrogen (secondary N) is 2. The van der Waals surface area contributed by atoms with Crippen molar-refractivity contribution in [2.45, 2.75) is 38.4 Å². The lowest BCUT2D eigenvalue weighted by molar-refractivity contribution is -0.139. The van der Waals surface area contributed by atoms with Crippen molar-refractivity contribution in [1.29, 1.82) is 0 Å². The number of hydrogen-bond donors (Lipinski definition) is 3. The maximum Gasteiger partial charge on any atom is 0.317 e. The standard InChI is InChI=1S/C17H25N3O4/c1-3-20(11-16(21)22)14-8-13(9-14)19-17(23)18-10-12-4-6-15(24-2)7-5-12/h4-7,13-14H,3,8-11H2,1-2H3,(H,21,22)(H2,18,19,23). The molecule has 2 amide bonds. The van der Waals surface area contributed by atoms with E-state index in [1.165, 1.54) is 0 Å². The molecule has 7 heteroatoms. The molecule has 0 heterocycles. The molecule has 0 atom stereocenters. The molecule has 3 N–H and O–H groups in total. The Morgan fingerprint density at radius 2 is 1.96 bits per heavy atom. The van der Waals surface area contributed by atoms with Crippen molar-refractivity contribution >= 4 is 12.0 Å². The molecule has 2 rings (SSSR count). The second kappa shape index (κ2) is 8.54. The Kier molecular flexibility index (Phi) is 6.43. The van der Waals surface area contributed by atoms with Crippen molar-refractivity contribution < 1.29 is 19.4 Å². The van der Waals surface area contributed by atoms with Gasteiger partial charge >= 0.3 is 12.0 Å². The van der Waals surface area contributed by atoms with Gasteiger partial charge in [0.2, 0.25) is 0 Å². The minimum absolute atomic E-state index is 0.0531. The van der Waals surface area contributed by atoms with E-state index < -0.39 is 5.97 Å². The Bertz CT molecular complexity index is 555. The zero-order valence-corrected chi connectivity index (χ0v) is 14.1. The first-order valence-corrected chi connectivity index (χ1v) is 8.15. The summed E-state index contributed by atoms with van der Waals surface area (Å²) in [6.07, 6.45) is 1.58. The molecular formula is C17H25N3O4. The molecule has 1 aromatic carbocycles. The molecule has 1 saturated carbocycles. The van der Waals surface area contributed by atoms with Gasteiger partial charge in [0.05, 0.1) is 13.7 Å². The van der Waals surface area contributed by atoms with Gasteiger partial charge in [-0.3, -0.25) is 9.69 Å². The summed E-state index contributed by atoms with van der Waals surface area (Å²) < 4.78 is 5.09. The molecule has 0 bridgehead atoms. The van der Waals surface area contributed by atoms with Crippen LogP contribution >= 0.6 is 0 Å². The van der Waals surface area contributed by atoms with Gasteiger partial charge in [-0.05, 0) is 37.1 Å². The quantitative estimate of drug-likeness (QED) is 0.668. The molecule has 7 nitrogen and oxygen atoms in total. The average Bonchev–Trinajstić information content (AvgIpc) is 2.54. The summed E-state index contributed by atoms with van der Waals surface area (Å²) in [6.45, 7) is 3.15. The summed E-state index contributed by atoms with van der Waals surface area (Å²) in [7, 11) is 1.61. The maximum absolute atomic E-state index is 11.9. The third-order valence-electron chi connectivity index (χ3n) is 4.32. The van der Waals surface area contributed by atoms with E-state index in [-0.39, 0.29) is 24.7 Å². The lowest BCUT2D eigenvalue weighted by Gasteiger charge is -2.42. The van der Waals surface area contributed by atoms with E-state index >= 15 is 0 Å². The molecule has 1 fully saturated rings. The first-order valence-electron chi connectivity index (χ1n) is 8.15. The van der Waals surface area contributed by atoms with Gasteiger partial charge in [-0.15, -0.1) is 0 Å². The van der Waals surface area contributed by atoms with Gasteiger partial charge in [0.25, 0.3) is 0 Å². The molecule has 0 unspecified atom stereocenters. The Balaban J connectivity index is 1.67. The summed E-state index contributed by atoms with van der Waals surface area (Å²) in [6, 6.07) is 7.66. The van der Waals surface area contributed by atoms with Gasteiger partial charge in [-0.2, -0.15) is 0 Å². The summed E-state index contributed by atoms with van der Waals surface area (Å²) in [5, 5.41) is 14.6. The van der Waals surface area contributed by atoms with Crippen LogP contribution in [0.2, 0.25) is 0 Å². The van der Waals surface area contributed by atoms with Crippen LogP contribution in [0.3, 0.4) is 0 Å². The number of aliphatic carboxylic acids is 1. The molecule has 1 aromatic rings. The Labute approximate surface area is 142 Å². The van der Waals surface area contributed by atoms with Crippen molar-refractivity contribution in [3.8, 4) is 5.75 Å². The topological polar surface area (TPSA) is 90.9 Å². The molecule has 0 aromatic heterocycles. The number of nitrogens with zero attached hydrogens (tertiary/aromatic N) is 1. The number of hydrogen-bond acceptors (Lipinski definition) is 4. The number of ether oxygens (including phenoxy) is 1. The van der Waals surface area contributed by atoms with Crippen molar-refractivity contribution in [3.05, 3.63) is 29.8 Å². The summed E-state index contributed by atoms with van der Waals surface area (Å²) >= 11 is 0. The molecule has 24 heavy (non-hydrogen) atoms. The molecule has 1 aliphatic rings. The van der Waals surface area contributed by atoms with E-state index in [4.69, 9.17) is 9.84 Å². The number of methoxy groups -OCH3 is 1. The fourth-order valence-electron chi connectivity index (χ4n) is 2.84. The van der Waals surface area contributed by atoms with Crippen LogP contribution in [0, 0.1) is 0 Å². The van der Waals surface area contributed by atoms with Crippen LogP contribution in [0.25, 0.3) is 0 Å². The van der Waals surface area contributed by atoms with Crippen LogP contribution in [0.15, 0.2) is 24.3 Å². The van der Waals surface area contributed by atoms with E-state index in [0.29, 0.717) is 13.1 Å². The fourth-order valence-corrected chi connectivity index (χ4v) is 2.84. The Morgan fingerprint density at radius 1 is 1.29 bits per heavy atom. The Morgan fingerprint density at radius 3 is 2.50 bits per heavy atom. The maximum atomic E-state index is 11.9. The van der Waals surface area contributed by atoms with Crippen LogP contribution in [0.5, 0.6) is 5.75 Å². The molecular weight excluding hydrogens is 310 g/mol. The van der Waals surface area contributed by atoms with Crippen molar-refractivity contribution in [3.63, 3.8) is 0 Å². The summed E-state index contributed by atoms with van der Waals surface area (Å²) in [5.74, 6) is -0.0314. The zero-order valence-electron chi connectivity index (χ0n) is 14.1. The second-order valence-electron chi connectivity index (χ2n) is 5.95. The average molecular weight is 335 g/mol. The number of likely N-dealkylation sites (N-methyl/N-ethyl adjacent to an activating group) is 1. The molecule has 0 spiro atoms. The number of rotatable bonds is 8. The van der Waals surface area contributed by atoms with Gasteiger partial charge in [-0.1, -0.05) is 19.1 Å². The van der Waals surface area contributed by atoms with E-state index in [2.05, 4.69) is 10.6 Å². The van der Waals surface area contributed by atoms with Crippen molar-refractivity contribution in [1.82, 2.24) is 15.5 Å². The third kappa shape index (κ3) is 5.13. The molecule has 132 valence electrons. The van der Waals surface area contributed by atoms with Gasteiger partial charge in [0.1, 0.15) is 5.75 Å². The first kappa shape index (κ1) is 18.1. The van der Waals surface area contributed by atoms with Crippen molar-refractivity contribution in [2.24, 2.45) is 0 Å². The highest BCUT2D eigenvalue weighted by Crippen LogP contribution is 2.25. The molecule has 0 radical (unpaired) electrons. The van der Waals surface area contributed by atoms with E-state index in [1.807, 2.05) is 36.1 Å². The minimum Gasteiger partial charge on any atom is -0.497 e. The SMILES string of the molecule is CCN(CC(=O)O)C1CC(NC(=O)NCc2ccc(OC)cc2)C1. The molecule has 0 aliphatic heterocycles. The predicted octanol–water partition coefficient (Wildman–Crippen LogP) is 1.43. The smallest absolute Gasteiger partial charge is 0.317 e. The number of carboxylic acids is 1. The van der Waals surface area contributed by atoms with Crippen LogP contribution in [-0.4, -0.2) is 54.3 Å².